The Labute approximate surface area is 92.7 Å². The van der Waals surface area contributed by atoms with Crippen molar-refractivity contribution in [3.63, 3.8) is 0 Å². The third-order valence-electron chi connectivity index (χ3n) is 3.61. The van der Waals surface area contributed by atoms with Gasteiger partial charge in [0.2, 0.25) is 0 Å². The molecule has 1 aliphatic carbocycles. The first-order valence-corrected chi connectivity index (χ1v) is 6.04. The van der Waals surface area contributed by atoms with Crippen molar-refractivity contribution in [1.29, 1.82) is 0 Å². The molecule has 0 aromatic heterocycles. The van der Waals surface area contributed by atoms with Crippen molar-refractivity contribution in [2.24, 2.45) is 11.7 Å². The van der Waals surface area contributed by atoms with Gasteiger partial charge in [0, 0.05) is 0 Å². The van der Waals surface area contributed by atoms with E-state index >= 15 is 0 Å². The van der Waals surface area contributed by atoms with Crippen LogP contribution in [0.25, 0.3) is 0 Å². The SMILES string of the molecule is CC(C)[C@@H](CN)c1ccc2c(c1)CCC2. The predicted octanol–water partition coefficient (Wildman–Crippen LogP) is 2.87. The van der Waals surface area contributed by atoms with Crippen LogP contribution in [0.3, 0.4) is 0 Å². The quantitative estimate of drug-likeness (QED) is 0.803. The van der Waals surface area contributed by atoms with E-state index in [9.17, 15) is 0 Å². The second kappa shape index (κ2) is 4.36. The summed E-state index contributed by atoms with van der Waals surface area (Å²) in [6, 6.07) is 6.98. The number of rotatable bonds is 3. The maximum Gasteiger partial charge on any atom is -0.000577 e. The first-order chi connectivity index (χ1) is 7.22. The van der Waals surface area contributed by atoms with Gasteiger partial charge in [-0.1, -0.05) is 32.0 Å². The van der Waals surface area contributed by atoms with E-state index in [4.69, 9.17) is 5.73 Å². The molecule has 0 aliphatic heterocycles. The molecule has 1 aromatic carbocycles. The molecule has 0 unspecified atom stereocenters. The summed E-state index contributed by atoms with van der Waals surface area (Å²) >= 11 is 0. The van der Waals surface area contributed by atoms with Crippen molar-refractivity contribution in [3.8, 4) is 0 Å². The lowest BCUT2D eigenvalue weighted by molar-refractivity contribution is 0.506. The van der Waals surface area contributed by atoms with Gasteiger partial charge in [0.05, 0.1) is 0 Å². The van der Waals surface area contributed by atoms with E-state index in [1.165, 1.54) is 24.8 Å². The smallest absolute Gasteiger partial charge is 0.000577 e. The normalized spacial score (nSPS) is 16.8. The van der Waals surface area contributed by atoms with E-state index in [1.807, 2.05) is 0 Å². The highest BCUT2D eigenvalue weighted by Gasteiger charge is 2.17. The van der Waals surface area contributed by atoms with Gasteiger partial charge < -0.3 is 5.73 Å². The minimum atomic E-state index is 0.524. The Morgan fingerprint density at radius 3 is 2.60 bits per heavy atom. The second-order valence-electron chi connectivity index (χ2n) is 4.97. The van der Waals surface area contributed by atoms with E-state index in [-0.39, 0.29) is 0 Å². The number of hydrogen-bond acceptors (Lipinski definition) is 1. The minimum absolute atomic E-state index is 0.524. The number of nitrogens with two attached hydrogens (primary N) is 1. The van der Waals surface area contributed by atoms with Crippen molar-refractivity contribution in [2.75, 3.05) is 6.54 Å². The first-order valence-electron chi connectivity index (χ1n) is 6.04. The van der Waals surface area contributed by atoms with Crippen LogP contribution in [0.15, 0.2) is 18.2 Å². The molecule has 0 saturated heterocycles. The molecule has 2 rings (SSSR count). The summed E-state index contributed by atoms with van der Waals surface area (Å²) in [5.41, 5.74) is 10.4. The maximum absolute atomic E-state index is 5.85. The van der Waals surface area contributed by atoms with Crippen LogP contribution < -0.4 is 5.73 Å². The Bertz CT molecular complexity index is 341. The van der Waals surface area contributed by atoms with Crippen molar-refractivity contribution >= 4 is 0 Å². The Morgan fingerprint density at radius 2 is 1.93 bits per heavy atom. The van der Waals surface area contributed by atoms with E-state index in [1.54, 1.807) is 11.1 Å². The van der Waals surface area contributed by atoms with Gasteiger partial charge in [0.25, 0.3) is 0 Å². The Morgan fingerprint density at radius 1 is 1.20 bits per heavy atom. The molecule has 0 amide bonds. The van der Waals surface area contributed by atoms with E-state index in [2.05, 4.69) is 32.0 Å². The van der Waals surface area contributed by atoms with Crippen LogP contribution in [0, 0.1) is 5.92 Å². The number of hydrogen-bond donors (Lipinski definition) is 1. The highest BCUT2D eigenvalue weighted by Crippen LogP contribution is 2.29. The Hall–Kier alpha value is -0.820. The molecule has 1 nitrogen and oxygen atoms in total. The molecule has 0 saturated carbocycles. The average molecular weight is 203 g/mol. The summed E-state index contributed by atoms with van der Waals surface area (Å²) in [4.78, 5) is 0. The van der Waals surface area contributed by atoms with E-state index < -0.39 is 0 Å². The van der Waals surface area contributed by atoms with Crippen LogP contribution in [0.2, 0.25) is 0 Å². The molecule has 0 heterocycles. The van der Waals surface area contributed by atoms with Crippen LogP contribution in [-0.4, -0.2) is 6.54 Å². The third-order valence-corrected chi connectivity index (χ3v) is 3.61. The number of fused-ring (bicyclic) bond motifs is 1. The van der Waals surface area contributed by atoms with E-state index in [0.717, 1.165) is 6.54 Å². The third kappa shape index (κ3) is 2.07. The van der Waals surface area contributed by atoms with Crippen LogP contribution >= 0.6 is 0 Å². The predicted molar refractivity (Wildman–Crippen MR) is 65.1 cm³/mol. The molecule has 82 valence electrons. The van der Waals surface area contributed by atoms with Gasteiger partial charge >= 0.3 is 0 Å². The highest BCUT2D eigenvalue weighted by molar-refractivity contribution is 5.37. The molecule has 2 N–H and O–H groups in total. The summed E-state index contributed by atoms with van der Waals surface area (Å²) < 4.78 is 0. The van der Waals surface area contributed by atoms with Crippen molar-refractivity contribution < 1.29 is 0 Å². The summed E-state index contributed by atoms with van der Waals surface area (Å²) in [6.07, 6.45) is 3.86. The van der Waals surface area contributed by atoms with Crippen LogP contribution in [0.5, 0.6) is 0 Å². The molecule has 0 spiro atoms. The lowest BCUT2D eigenvalue weighted by atomic mass is 9.87. The summed E-state index contributed by atoms with van der Waals surface area (Å²) in [6.45, 7) is 5.27. The van der Waals surface area contributed by atoms with E-state index in [0.29, 0.717) is 11.8 Å². The molecule has 0 fully saturated rings. The number of aryl methyl sites for hydroxylation is 2. The molecule has 1 atom stereocenters. The van der Waals surface area contributed by atoms with Gasteiger partial charge in [-0.3, -0.25) is 0 Å². The standard InChI is InChI=1S/C14H21N/c1-10(2)14(9-15)13-7-6-11-4-3-5-12(11)8-13/h6-8,10,14H,3-5,9,15H2,1-2H3/t14-/m1/s1. The lowest BCUT2D eigenvalue weighted by Crippen LogP contribution is -2.17. The molecule has 0 radical (unpaired) electrons. The summed E-state index contributed by atoms with van der Waals surface area (Å²) in [5, 5.41) is 0. The monoisotopic (exact) mass is 203 g/mol. The molecule has 1 aromatic rings. The lowest BCUT2D eigenvalue weighted by Gasteiger charge is -2.20. The van der Waals surface area contributed by atoms with Crippen LogP contribution in [0.1, 0.15) is 42.9 Å². The summed E-state index contributed by atoms with van der Waals surface area (Å²) in [5.74, 6) is 1.16. The number of benzene rings is 1. The molecular weight excluding hydrogens is 182 g/mol. The fourth-order valence-corrected chi connectivity index (χ4v) is 2.62. The molecule has 1 aliphatic rings. The summed E-state index contributed by atoms with van der Waals surface area (Å²) in [7, 11) is 0. The van der Waals surface area contributed by atoms with Crippen molar-refractivity contribution in [3.05, 3.63) is 34.9 Å². The topological polar surface area (TPSA) is 26.0 Å². The molecule has 0 bridgehead atoms. The van der Waals surface area contributed by atoms with Gasteiger partial charge in [0.1, 0.15) is 0 Å². The van der Waals surface area contributed by atoms with Gasteiger partial charge in [-0.15, -0.1) is 0 Å². The van der Waals surface area contributed by atoms with Crippen LogP contribution in [0.4, 0.5) is 0 Å². The maximum atomic E-state index is 5.85. The Kier molecular flexibility index (Phi) is 3.11. The largest absolute Gasteiger partial charge is 0.330 e. The van der Waals surface area contributed by atoms with Crippen LogP contribution in [-0.2, 0) is 12.8 Å². The Balaban J connectivity index is 2.28. The average Bonchev–Trinajstić information content (AvgIpc) is 2.65. The zero-order chi connectivity index (χ0) is 10.8. The van der Waals surface area contributed by atoms with Gasteiger partial charge in [-0.25, -0.2) is 0 Å². The molecule has 1 heteroatoms. The molecule has 15 heavy (non-hydrogen) atoms. The zero-order valence-corrected chi connectivity index (χ0v) is 9.79. The fraction of sp³-hybridized carbons (Fsp3) is 0.571. The van der Waals surface area contributed by atoms with Crippen molar-refractivity contribution in [1.82, 2.24) is 0 Å². The minimum Gasteiger partial charge on any atom is -0.330 e. The van der Waals surface area contributed by atoms with Gasteiger partial charge in [-0.2, -0.15) is 0 Å². The molecular formula is C14H21N. The first kappa shape index (κ1) is 10.7. The van der Waals surface area contributed by atoms with Gasteiger partial charge in [-0.05, 0) is 54.3 Å². The highest BCUT2D eigenvalue weighted by atomic mass is 14.6. The van der Waals surface area contributed by atoms with Gasteiger partial charge in [0.15, 0.2) is 0 Å². The van der Waals surface area contributed by atoms with Crippen molar-refractivity contribution in [2.45, 2.75) is 39.0 Å². The fourth-order valence-electron chi connectivity index (χ4n) is 2.62. The zero-order valence-electron chi connectivity index (χ0n) is 9.79. The second-order valence-corrected chi connectivity index (χ2v) is 4.97.